The van der Waals surface area contributed by atoms with Crippen molar-refractivity contribution in [2.45, 2.75) is 39.2 Å². The van der Waals surface area contributed by atoms with Crippen molar-refractivity contribution in [2.75, 3.05) is 13.1 Å². The van der Waals surface area contributed by atoms with Crippen LogP contribution < -0.4 is 5.73 Å². The van der Waals surface area contributed by atoms with Crippen molar-refractivity contribution in [1.29, 1.82) is 0 Å². The van der Waals surface area contributed by atoms with Gasteiger partial charge in [0.1, 0.15) is 5.69 Å². The highest BCUT2D eigenvalue weighted by Crippen LogP contribution is 2.23. The summed E-state index contributed by atoms with van der Waals surface area (Å²) < 4.78 is 0. The zero-order valence-electron chi connectivity index (χ0n) is 11.1. The van der Waals surface area contributed by atoms with Crippen LogP contribution in [0.25, 0.3) is 0 Å². The number of amides is 1. The molecule has 0 unspecified atom stereocenters. The van der Waals surface area contributed by atoms with Crippen molar-refractivity contribution >= 4 is 17.2 Å². The van der Waals surface area contributed by atoms with Gasteiger partial charge in [0.2, 0.25) is 0 Å². The standard InChI is InChI=1S/C13H21N3OS/c1-9-3-4-10(2)16(7-9)13(17)11-8-18-12(15-11)5-6-14/h8-10H,3-7,14H2,1-2H3/t9-,10+/m0/s1. The number of likely N-dealkylation sites (tertiary alicyclic amines) is 1. The van der Waals surface area contributed by atoms with Gasteiger partial charge in [-0.1, -0.05) is 6.92 Å². The van der Waals surface area contributed by atoms with E-state index >= 15 is 0 Å². The third-order valence-electron chi connectivity index (χ3n) is 3.51. The van der Waals surface area contributed by atoms with Crippen LogP contribution in [0.5, 0.6) is 0 Å². The van der Waals surface area contributed by atoms with E-state index in [9.17, 15) is 4.79 Å². The Balaban J connectivity index is 2.09. The van der Waals surface area contributed by atoms with Crippen LogP contribution in [0.3, 0.4) is 0 Å². The number of carbonyl (C=O) groups excluding carboxylic acids is 1. The van der Waals surface area contributed by atoms with Gasteiger partial charge >= 0.3 is 0 Å². The van der Waals surface area contributed by atoms with Gasteiger partial charge in [0.05, 0.1) is 5.01 Å². The minimum Gasteiger partial charge on any atom is -0.334 e. The lowest BCUT2D eigenvalue weighted by Gasteiger charge is -2.36. The van der Waals surface area contributed by atoms with Gasteiger partial charge < -0.3 is 10.6 Å². The summed E-state index contributed by atoms with van der Waals surface area (Å²) in [6.45, 7) is 5.76. The van der Waals surface area contributed by atoms with Gasteiger partial charge in [-0.2, -0.15) is 0 Å². The summed E-state index contributed by atoms with van der Waals surface area (Å²) in [7, 11) is 0. The highest BCUT2D eigenvalue weighted by atomic mass is 32.1. The summed E-state index contributed by atoms with van der Waals surface area (Å²) in [6, 6.07) is 0.327. The lowest BCUT2D eigenvalue weighted by Crippen LogP contribution is -2.45. The average Bonchev–Trinajstić information content (AvgIpc) is 2.80. The maximum atomic E-state index is 12.4. The van der Waals surface area contributed by atoms with Crippen molar-refractivity contribution in [1.82, 2.24) is 9.88 Å². The summed E-state index contributed by atoms with van der Waals surface area (Å²) in [6.07, 6.45) is 3.05. The summed E-state index contributed by atoms with van der Waals surface area (Å²) >= 11 is 1.53. The predicted molar refractivity (Wildman–Crippen MR) is 73.8 cm³/mol. The molecule has 5 heteroatoms. The first kappa shape index (κ1) is 13.5. The van der Waals surface area contributed by atoms with Crippen molar-refractivity contribution < 1.29 is 4.79 Å². The number of carbonyl (C=O) groups is 1. The number of nitrogens with two attached hydrogens (primary N) is 1. The van der Waals surface area contributed by atoms with Crippen molar-refractivity contribution in [2.24, 2.45) is 11.7 Å². The van der Waals surface area contributed by atoms with Gasteiger partial charge in [0, 0.05) is 24.4 Å². The molecule has 0 spiro atoms. The molecule has 2 rings (SSSR count). The zero-order valence-corrected chi connectivity index (χ0v) is 11.9. The Kier molecular flexibility index (Phi) is 4.35. The smallest absolute Gasteiger partial charge is 0.273 e. The van der Waals surface area contributed by atoms with Crippen LogP contribution in [0, 0.1) is 5.92 Å². The van der Waals surface area contributed by atoms with Gasteiger partial charge in [-0.15, -0.1) is 11.3 Å². The van der Waals surface area contributed by atoms with Crippen LogP contribution in [0.1, 0.15) is 42.2 Å². The molecule has 2 heterocycles. The molecule has 1 amide bonds. The first-order valence-electron chi connectivity index (χ1n) is 6.57. The normalized spacial score (nSPS) is 24.3. The summed E-state index contributed by atoms with van der Waals surface area (Å²) in [5, 5.41) is 2.82. The third kappa shape index (κ3) is 2.90. The molecule has 1 aromatic rings. The van der Waals surface area contributed by atoms with E-state index in [1.54, 1.807) is 0 Å². The maximum Gasteiger partial charge on any atom is 0.273 e. The molecule has 4 nitrogen and oxygen atoms in total. The van der Waals surface area contributed by atoms with Crippen LogP contribution in [0.15, 0.2) is 5.38 Å². The largest absolute Gasteiger partial charge is 0.334 e. The second-order valence-electron chi connectivity index (χ2n) is 5.15. The number of thiazole rings is 1. The van der Waals surface area contributed by atoms with E-state index in [4.69, 9.17) is 5.73 Å². The lowest BCUT2D eigenvalue weighted by atomic mass is 9.95. The first-order valence-corrected chi connectivity index (χ1v) is 7.45. The Labute approximate surface area is 112 Å². The van der Waals surface area contributed by atoms with Crippen LogP contribution in [-0.2, 0) is 6.42 Å². The Hall–Kier alpha value is -0.940. The first-order chi connectivity index (χ1) is 8.61. The highest BCUT2D eigenvalue weighted by Gasteiger charge is 2.28. The molecule has 0 aliphatic carbocycles. The Morgan fingerprint density at radius 3 is 3.06 bits per heavy atom. The predicted octanol–water partition coefficient (Wildman–Crippen LogP) is 1.90. The quantitative estimate of drug-likeness (QED) is 0.910. The number of hydrogen-bond acceptors (Lipinski definition) is 4. The molecule has 1 aromatic heterocycles. The summed E-state index contributed by atoms with van der Waals surface area (Å²) in [5.74, 6) is 0.667. The molecular formula is C13H21N3OS. The average molecular weight is 267 g/mol. The molecule has 0 radical (unpaired) electrons. The minimum absolute atomic E-state index is 0.0774. The Morgan fingerprint density at radius 1 is 1.56 bits per heavy atom. The van der Waals surface area contributed by atoms with E-state index in [1.807, 2.05) is 10.3 Å². The maximum absolute atomic E-state index is 12.4. The van der Waals surface area contributed by atoms with Gasteiger partial charge in [0.25, 0.3) is 5.91 Å². The van der Waals surface area contributed by atoms with E-state index in [2.05, 4.69) is 18.8 Å². The molecular weight excluding hydrogens is 246 g/mol. The van der Waals surface area contributed by atoms with Gasteiger partial charge in [-0.05, 0) is 32.2 Å². The Bertz CT molecular complexity index is 418. The molecule has 1 aliphatic heterocycles. The number of aromatic nitrogens is 1. The van der Waals surface area contributed by atoms with Crippen LogP contribution in [-0.4, -0.2) is 34.9 Å². The second-order valence-corrected chi connectivity index (χ2v) is 6.10. The van der Waals surface area contributed by atoms with Crippen LogP contribution in [0.2, 0.25) is 0 Å². The molecule has 18 heavy (non-hydrogen) atoms. The molecule has 1 aliphatic rings. The molecule has 0 bridgehead atoms. The van der Waals surface area contributed by atoms with E-state index in [1.165, 1.54) is 17.8 Å². The molecule has 0 aromatic carbocycles. The molecule has 0 saturated carbocycles. The van der Waals surface area contributed by atoms with Gasteiger partial charge in [0.15, 0.2) is 0 Å². The van der Waals surface area contributed by atoms with E-state index < -0.39 is 0 Å². The Morgan fingerprint density at radius 2 is 2.33 bits per heavy atom. The third-order valence-corrected chi connectivity index (χ3v) is 4.42. The van der Waals surface area contributed by atoms with E-state index in [-0.39, 0.29) is 5.91 Å². The summed E-state index contributed by atoms with van der Waals surface area (Å²) in [5.41, 5.74) is 6.09. The highest BCUT2D eigenvalue weighted by molar-refractivity contribution is 7.09. The molecule has 1 fully saturated rings. The number of piperidine rings is 1. The monoisotopic (exact) mass is 267 g/mol. The molecule has 100 valence electrons. The molecule has 2 atom stereocenters. The summed E-state index contributed by atoms with van der Waals surface area (Å²) in [4.78, 5) is 18.8. The second kappa shape index (κ2) is 5.80. The fourth-order valence-electron chi connectivity index (χ4n) is 2.37. The van der Waals surface area contributed by atoms with Crippen molar-refractivity contribution in [3.05, 3.63) is 16.1 Å². The topological polar surface area (TPSA) is 59.2 Å². The lowest BCUT2D eigenvalue weighted by molar-refractivity contribution is 0.0568. The SMILES string of the molecule is C[C@H]1CC[C@@H](C)N(C(=O)c2csc(CCN)n2)C1. The van der Waals surface area contributed by atoms with Crippen LogP contribution in [0.4, 0.5) is 0 Å². The fourth-order valence-corrected chi connectivity index (χ4v) is 3.15. The van der Waals surface area contributed by atoms with E-state index in [0.717, 1.165) is 24.4 Å². The zero-order chi connectivity index (χ0) is 13.1. The number of hydrogen-bond donors (Lipinski definition) is 1. The number of rotatable bonds is 3. The van der Waals surface area contributed by atoms with Gasteiger partial charge in [-0.25, -0.2) is 4.98 Å². The minimum atomic E-state index is 0.0774. The van der Waals surface area contributed by atoms with E-state index in [0.29, 0.717) is 24.2 Å². The van der Waals surface area contributed by atoms with Crippen molar-refractivity contribution in [3.63, 3.8) is 0 Å². The molecule has 2 N–H and O–H groups in total. The number of nitrogens with zero attached hydrogens (tertiary/aromatic N) is 2. The van der Waals surface area contributed by atoms with Gasteiger partial charge in [-0.3, -0.25) is 4.79 Å². The van der Waals surface area contributed by atoms with Crippen molar-refractivity contribution in [3.8, 4) is 0 Å². The van der Waals surface area contributed by atoms with Crippen LogP contribution >= 0.6 is 11.3 Å². The fraction of sp³-hybridized carbons (Fsp3) is 0.692. The molecule has 1 saturated heterocycles.